The molecule has 0 saturated heterocycles. The average molecular weight is 440 g/mol. The smallest absolute Gasteiger partial charge is 0.258 e. The monoisotopic (exact) mass is 439 g/mol. The van der Waals surface area contributed by atoms with E-state index < -0.39 is 0 Å². The van der Waals surface area contributed by atoms with Crippen LogP contribution in [-0.2, 0) is 15.3 Å². The number of benzene rings is 2. The minimum Gasteiger partial charge on any atom is -0.484 e. The van der Waals surface area contributed by atoms with Crippen molar-refractivity contribution in [3.63, 3.8) is 0 Å². The molecule has 1 aliphatic carbocycles. The average Bonchev–Trinajstić information content (AvgIpc) is 2.80. The first-order valence-corrected chi connectivity index (χ1v) is 11.8. The zero-order chi connectivity index (χ0) is 21.7. The lowest BCUT2D eigenvalue weighted by molar-refractivity contribution is -0.124. The fraction of sp³-hybridized carbons (Fsp3) is 0.375. The second-order valence-electron chi connectivity index (χ2n) is 7.53. The highest BCUT2D eigenvalue weighted by Crippen LogP contribution is 2.17. The molecule has 6 nitrogen and oxygen atoms in total. The first kappa shape index (κ1) is 22.9. The maximum Gasteiger partial charge on any atom is 0.258 e. The quantitative estimate of drug-likeness (QED) is 0.435. The normalized spacial score (nSPS) is 14.3. The minimum absolute atomic E-state index is 0.0145. The summed E-state index contributed by atoms with van der Waals surface area (Å²) < 4.78 is 5.56. The molecule has 1 aliphatic rings. The summed E-state index contributed by atoms with van der Waals surface area (Å²) in [6.07, 6.45) is 7.32. The van der Waals surface area contributed by atoms with E-state index >= 15 is 0 Å². The molecule has 7 heteroatoms. The highest BCUT2D eigenvalue weighted by molar-refractivity contribution is 7.99. The van der Waals surface area contributed by atoms with Crippen LogP contribution in [0.15, 0.2) is 59.7 Å². The zero-order valence-electron chi connectivity index (χ0n) is 17.6. The predicted octanol–water partition coefficient (Wildman–Crippen LogP) is 3.90. The lowest BCUT2D eigenvalue weighted by Gasteiger charge is -2.22. The van der Waals surface area contributed by atoms with Gasteiger partial charge in [-0.05, 0) is 48.2 Å². The van der Waals surface area contributed by atoms with Crippen LogP contribution in [0.2, 0.25) is 0 Å². The van der Waals surface area contributed by atoms with Crippen molar-refractivity contribution >= 4 is 29.8 Å². The number of carbonyl (C=O) groups excluding carboxylic acids is 2. The SMILES string of the molecule is O=C(CSCc1ccccc1)N/N=C\c1ccc(OCC(=O)NC2CCCCC2)cc1. The van der Waals surface area contributed by atoms with Gasteiger partial charge in [0.1, 0.15) is 5.75 Å². The van der Waals surface area contributed by atoms with E-state index in [1.165, 1.54) is 24.8 Å². The van der Waals surface area contributed by atoms with Crippen LogP contribution in [-0.4, -0.2) is 36.4 Å². The van der Waals surface area contributed by atoms with Crippen molar-refractivity contribution in [2.24, 2.45) is 5.10 Å². The third-order valence-electron chi connectivity index (χ3n) is 4.97. The Morgan fingerprint density at radius 1 is 1.00 bits per heavy atom. The van der Waals surface area contributed by atoms with Crippen molar-refractivity contribution in [1.29, 1.82) is 0 Å². The van der Waals surface area contributed by atoms with E-state index in [2.05, 4.69) is 15.8 Å². The van der Waals surface area contributed by atoms with Crippen LogP contribution in [0.3, 0.4) is 0 Å². The molecule has 0 radical (unpaired) electrons. The van der Waals surface area contributed by atoms with E-state index in [-0.39, 0.29) is 24.5 Å². The van der Waals surface area contributed by atoms with E-state index in [1.54, 1.807) is 30.1 Å². The summed E-state index contributed by atoms with van der Waals surface area (Å²) >= 11 is 1.55. The molecule has 0 heterocycles. The molecule has 2 aromatic carbocycles. The van der Waals surface area contributed by atoms with E-state index in [4.69, 9.17) is 4.74 Å². The second kappa shape index (κ2) is 12.8. The summed E-state index contributed by atoms with van der Waals surface area (Å²) in [5.74, 6) is 1.55. The summed E-state index contributed by atoms with van der Waals surface area (Å²) in [6.45, 7) is 0.0145. The van der Waals surface area contributed by atoms with Crippen LogP contribution in [0.5, 0.6) is 5.75 Å². The first-order chi connectivity index (χ1) is 15.2. The standard InChI is InChI=1S/C24H29N3O3S/c28-23(26-21-9-5-2-6-10-21)16-30-22-13-11-19(12-14-22)15-25-27-24(29)18-31-17-20-7-3-1-4-8-20/h1,3-4,7-8,11-15,21H,2,5-6,9-10,16-18H2,(H,26,28)(H,27,29)/b25-15-. The third-order valence-corrected chi connectivity index (χ3v) is 5.97. The Bertz CT molecular complexity index is 850. The summed E-state index contributed by atoms with van der Waals surface area (Å²) in [5.41, 5.74) is 4.56. The number of hydrazone groups is 1. The number of nitrogens with zero attached hydrogens (tertiary/aromatic N) is 1. The Labute approximate surface area is 187 Å². The van der Waals surface area contributed by atoms with Gasteiger partial charge in [-0.2, -0.15) is 5.10 Å². The number of carbonyl (C=O) groups is 2. The van der Waals surface area contributed by atoms with Gasteiger partial charge < -0.3 is 10.1 Å². The Morgan fingerprint density at radius 3 is 2.48 bits per heavy atom. The fourth-order valence-electron chi connectivity index (χ4n) is 3.36. The molecule has 31 heavy (non-hydrogen) atoms. The van der Waals surface area contributed by atoms with E-state index in [9.17, 15) is 9.59 Å². The number of nitrogens with one attached hydrogen (secondary N) is 2. The van der Waals surface area contributed by atoms with Gasteiger partial charge in [0.15, 0.2) is 6.61 Å². The van der Waals surface area contributed by atoms with E-state index in [1.807, 2.05) is 42.5 Å². The number of thioether (sulfide) groups is 1. The lowest BCUT2D eigenvalue weighted by Crippen LogP contribution is -2.38. The van der Waals surface area contributed by atoms with Gasteiger partial charge in [0.2, 0.25) is 5.91 Å². The van der Waals surface area contributed by atoms with Crippen molar-refractivity contribution in [2.45, 2.75) is 43.9 Å². The Balaban J connectivity index is 1.32. The highest BCUT2D eigenvalue weighted by Gasteiger charge is 2.15. The van der Waals surface area contributed by atoms with Crippen LogP contribution in [0.4, 0.5) is 0 Å². The van der Waals surface area contributed by atoms with Crippen LogP contribution < -0.4 is 15.5 Å². The first-order valence-electron chi connectivity index (χ1n) is 10.6. The number of hydrogen-bond donors (Lipinski definition) is 2. The molecule has 2 amide bonds. The Morgan fingerprint density at radius 2 is 1.74 bits per heavy atom. The van der Waals surface area contributed by atoms with Crippen LogP contribution >= 0.6 is 11.8 Å². The molecule has 0 unspecified atom stereocenters. The largest absolute Gasteiger partial charge is 0.484 e. The van der Waals surface area contributed by atoms with Crippen LogP contribution in [0, 0.1) is 0 Å². The molecule has 2 aromatic rings. The van der Waals surface area contributed by atoms with Crippen molar-refractivity contribution in [1.82, 2.24) is 10.7 Å². The molecule has 1 saturated carbocycles. The summed E-state index contributed by atoms with van der Waals surface area (Å²) in [5, 5.41) is 7.03. The number of rotatable bonds is 10. The summed E-state index contributed by atoms with van der Waals surface area (Å²) in [4.78, 5) is 23.9. The molecular formula is C24H29N3O3S. The maximum absolute atomic E-state index is 12.0. The van der Waals surface area contributed by atoms with Gasteiger partial charge in [-0.3, -0.25) is 9.59 Å². The van der Waals surface area contributed by atoms with Crippen molar-refractivity contribution in [3.8, 4) is 5.75 Å². The fourth-order valence-corrected chi connectivity index (χ4v) is 4.14. The number of amides is 2. The second-order valence-corrected chi connectivity index (χ2v) is 8.52. The molecule has 0 aliphatic heterocycles. The highest BCUT2D eigenvalue weighted by atomic mass is 32.2. The molecule has 2 N–H and O–H groups in total. The van der Waals surface area contributed by atoms with Gasteiger partial charge in [0.05, 0.1) is 12.0 Å². The molecular weight excluding hydrogens is 410 g/mol. The number of hydrogen-bond acceptors (Lipinski definition) is 5. The minimum atomic E-state index is -0.138. The molecule has 0 bridgehead atoms. The van der Waals surface area contributed by atoms with E-state index in [0.29, 0.717) is 11.5 Å². The third kappa shape index (κ3) is 8.84. The Hall–Kier alpha value is -2.80. The van der Waals surface area contributed by atoms with E-state index in [0.717, 1.165) is 24.2 Å². The van der Waals surface area contributed by atoms with Gasteiger partial charge in [-0.1, -0.05) is 49.6 Å². The summed E-state index contributed by atoms with van der Waals surface area (Å²) in [6, 6.07) is 17.5. The van der Waals surface area contributed by atoms with Gasteiger partial charge in [-0.15, -0.1) is 11.8 Å². The molecule has 0 aromatic heterocycles. The topological polar surface area (TPSA) is 79.8 Å². The summed E-state index contributed by atoms with van der Waals surface area (Å²) in [7, 11) is 0. The molecule has 3 rings (SSSR count). The van der Waals surface area contributed by atoms with Crippen LogP contribution in [0.25, 0.3) is 0 Å². The van der Waals surface area contributed by atoms with Crippen LogP contribution in [0.1, 0.15) is 43.2 Å². The Kier molecular flexibility index (Phi) is 9.44. The molecule has 0 spiro atoms. The zero-order valence-corrected chi connectivity index (χ0v) is 18.4. The molecule has 1 fully saturated rings. The van der Waals surface area contributed by atoms with Crippen molar-refractivity contribution in [2.75, 3.05) is 12.4 Å². The number of ether oxygens (including phenoxy) is 1. The predicted molar refractivity (Wildman–Crippen MR) is 125 cm³/mol. The van der Waals surface area contributed by atoms with Gasteiger partial charge in [-0.25, -0.2) is 5.43 Å². The van der Waals surface area contributed by atoms with Gasteiger partial charge >= 0.3 is 0 Å². The van der Waals surface area contributed by atoms with Crippen molar-refractivity contribution in [3.05, 3.63) is 65.7 Å². The molecule has 0 atom stereocenters. The van der Waals surface area contributed by atoms with Gasteiger partial charge in [0, 0.05) is 11.8 Å². The van der Waals surface area contributed by atoms with Gasteiger partial charge in [0.25, 0.3) is 5.91 Å². The molecule has 164 valence electrons. The lowest BCUT2D eigenvalue weighted by atomic mass is 9.95. The van der Waals surface area contributed by atoms with Crippen molar-refractivity contribution < 1.29 is 14.3 Å². The maximum atomic E-state index is 12.0.